The molecule has 5 heteroatoms. The quantitative estimate of drug-likeness (QED) is 0.910. The molecule has 0 aromatic carbocycles. The minimum Gasteiger partial charge on any atom is -0.262 e. The SMILES string of the molecule is c1c(-c2n[nH]c(C3CCCC3)n2)sc2c1CSCC2. The van der Waals surface area contributed by atoms with Crippen molar-refractivity contribution in [1.29, 1.82) is 0 Å². The number of nitrogens with zero attached hydrogens (tertiary/aromatic N) is 2. The van der Waals surface area contributed by atoms with Crippen LogP contribution in [0.3, 0.4) is 0 Å². The van der Waals surface area contributed by atoms with Crippen molar-refractivity contribution in [1.82, 2.24) is 15.2 Å². The Kier molecular flexibility index (Phi) is 3.11. The Balaban J connectivity index is 1.63. The summed E-state index contributed by atoms with van der Waals surface area (Å²) < 4.78 is 0. The molecule has 2 aliphatic rings. The second-order valence-electron chi connectivity index (χ2n) is 5.39. The first-order valence-electron chi connectivity index (χ1n) is 7.02. The van der Waals surface area contributed by atoms with Gasteiger partial charge in [0.1, 0.15) is 5.82 Å². The van der Waals surface area contributed by atoms with Gasteiger partial charge in [-0.25, -0.2) is 4.98 Å². The number of hydrogen-bond donors (Lipinski definition) is 1. The summed E-state index contributed by atoms with van der Waals surface area (Å²) in [6, 6.07) is 2.30. The molecule has 100 valence electrons. The summed E-state index contributed by atoms with van der Waals surface area (Å²) in [6.45, 7) is 0. The Hall–Kier alpha value is -0.810. The molecule has 0 amide bonds. The van der Waals surface area contributed by atoms with E-state index in [9.17, 15) is 0 Å². The number of aryl methyl sites for hydroxylation is 1. The van der Waals surface area contributed by atoms with E-state index in [1.165, 1.54) is 48.3 Å². The molecular formula is C14H17N3S2. The maximum absolute atomic E-state index is 4.74. The topological polar surface area (TPSA) is 41.6 Å². The molecule has 2 aromatic rings. The van der Waals surface area contributed by atoms with Gasteiger partial charge in [0.05, 0.1) is 4.88 Å². The van der Waals surface area contributed by atoms with Crippen molar-refractivity contribution in [3.63, 3.8) is 0 Å². The number of thiophene rings is 1. The van der Waals surface area contributed by atoms with Crippen molar-refractivity contribution >= 4 is 23.1 Å². The van der Waals surface area contributed by atoms with Gasteiger partial charge in [0.2, 0.25) is 0 Å². The second kappa shape index (κ2) is 4.94. The Morgan fingerprint density at radius 3 is 3.00 bits per heavy atom. The third kappa shape index (κ3) is 2.23. The molecule has 0 atom stereocenters. The third-order valence-corrected chi connectivity index (χ3v) is 6.33. The van der Waals surface area contributed by atoms with Crippen LogP contribution in [0.1, 0.15) is 47.9 Å². The Morgan fingerprint density at radius 2 is 2.16 bits per heavy atom. The average molecular weight is 291 g/mol. The summed E-state index contributed by atoms with van der Waals surface area (Å²) >= 11 is 3.92. The van der Waals surface area contributed by atoms with Crippen LogP contribution in [0.25, 0.3) is 10.7 Å². The molecule has 0 bridgehead atoms. The summed E-state index contributed by atoms with van der Waals surface area (Å²) in [5, 5.41) is 7.61. The van der Waals surface area contributed by atoms with Crippen LogP contribution in [0.2, 0.25) is 0 Å². The predicted octanol–water partition coefficient (Wildman–Crippen LogP) is 3.98. The fourth-order valence-corrected chi connectivity index (χ4v) is 5.33. The lowest BCUT2D eigenvalue weighted by atomic mass is 10.1. The van der Waals surface area contributed by atoms with Crippen molar-refractivity contribution in [2.75, 3.05) is 5.75 Å². The van der Waals surface area contributed by atoms with Gasteiger partial charge in [-0.05, 0) is 36.6 Å². The molecule has 3 nitrogen and oxygen atoms in total. The normalized spacial score (nSPS) is 19.8. The molecule has 3 heterocycles. The molecule has 2 aromatic heterocycles. The third-order valence-electron chi connectivity index (χ3n) is 4.09. The maximum atomic E-state index is 4.74. The molecule has 19 heavy (non-hydrogen) atoms. The van der Waals surface area contributed by atoms with E-state index in [1.54, 1.807) is 4.88 Å². The molecule has 1 N–H and O–H groups in total. The molecule has 1 fully saturated rings. The number of hydrogen-bond acceptors (Lipinski definition) is 4. The monoisotopic (exact) mass is 291 g/mol. The fourth-order valence-electron chi connectivity index (χ4n) is 3.02. The first kappa shape index (κ1) is 12.0. The van der Waals surface area contributed by atoms with Crippen LogP contribution < -0.4 is 0 Å². The molecule has 0 spiro atoms. The molecule has 1 aliphatic heterocycles. The van der Waals surface area contributed by atoms with Gasteiger partial charge >= 0.3 is 0 Å². The molecule has 1 aliphatic carbocycles. The van der Waals surface area contributed by atoms with Crippen LogP contribution in [0.4, 0.5) is 0 Å². The van der Waals surface area contributed by atoms with E-state index in [1.807, 2.05) is 23.1 Å². The molecule has 0 radical (unpaired) electrons. The van der Waals surface area contributed by atoms with Crippen molar-refractivity contribution in [2.24, 2.45) is 0 Å². The maximum Gasteiger partial charge on any atom is 0.191 e. The summed E-state index contributed by atoms with van der Waals surface area (Å²) in [5.74, 6) is 5.05. The number of nitrogens with one attached hydrogen (secondary N) is 1. The fraction of sp³-hybridized carbons (Fsp3) is 0.571. The van der Waals surface area contributed by atoms with E-state index in [4.69, 9.17) is 4.98 Å². The minimum absolute atomic E-state index is 0.617. The van der Waals surface area contributed by atoms with Crippen LogP contribution >= 0.6 is 23.1 Å². The van der Waals surface area contributed by atoms with E-state index in [2.05, 4.69) is 16.3 Å². The van der Waals surface area contributed by atoms with Crippen LogP contribution in [0.15, 0.2) is 6.07 Å². The number of H-pyrrole nitrogens is 1. The summed E-state index contributed by atoms with van der Waals surface area (Å²) in [5.41, 5.74) is 1.50. The Bertz CT molecular complexity index is 558. The first-order valence-corrected chi connectivity index (χ1v) is 8.99. The first-order chi connectivity index (χ1) is 9.40. The lowest BCUT2D eigenvalue weighted by molar-refractivity contribution is 0.672. The summed E-state index contributed by atoms with van der Waals surface area (Å²) in [4.78, 5) is 7.53. The highest BCUT2D eigenvalue weighted by atomic mass is 32.2. The highest BCUT2D eigenvalue weighted by Crippen LogP contribution is 2.37. The summed E-state index contributed by atoms with van der Waals surface area (Å²) in [6.07, 6.45) is 6.43. The standard InChI is InChI=1S/C14H17N3S2/c1-2-4-9(3-1)13-15-14(17-16-13)12-7-10-8-18-6-5-11(10)19-12/h7,9H,1-6,8H2,(H,15,16,17). The Morgan fingerprint density at radius 1 is 1.26 bits per heavy atom. The van der Waals surface area contributed by atoms with Gasteiger partial charge in [-0.1, -0.05) is 12.8 Å². The van der Waals surface area contributed by atoms with Crippen LogP contribution in [0.5, 0.6) is 0 Å². The number of aromatic amines is 1. The smallest absolute Gasteiger partial charge is 0.191 e. The lowest BCUT2D eigenvalue weighted by Crippen LogP contribution is -1.96. The van der Waals surface area contributed by atoms with Crippen LogP contribution in [-0.4, -0.2) is 20.9 Å². The van der Waals surface area contributed by atoms with Gasteiger partial charge in [-0.15, -0.1) is 11.3 Å². The van der Waals surface area contributed by atoms with E-state index in [-0.39, 0.29) is 0 Å². The summed E-state index contributed by atoms with van der Waals surface area (Å²) in [7, 11) is 0. The number of fused-ring (bicyclic) bond motifs is 1. The largest absolute Gasteiger partial charge is 0.262 e. The number of aromatic nitrogens is 3. The van der Waals surface area contributed by atoms with E-state index in [0.717, 1.165) is 17.4 Å². The van der Waals surface area contributed by atoms with Crippen molar-refractivity contribution in [2.45, 2.75) is 43.8 Å². The van der Waals surface area contributed by atoms with Crippen molar-refractivity contribution in [3.05, 3.63) is 22.3 Å². The van der Waals surface area contributed by atoms with Gasteiger partial charge in [0, 0.05) is 16.5 Å². The Labute approximate surface area is 121 Å². The van der Waals surface area contributed by atoms with Gasteiger partial charge in [0.15, 0.2) is 5.82 Å². The highest BCUT2D eigenvalue weighted by Gasteiger charge is 2.22. The van der Waals surface area contributed by atoms with Gasteiger partial charge in [0.25, 0.3) is 0 Å². The van der Waals surface area contributed by atoms with Gasteiger partial charge in [-0.3, -0.25) is 5.10 Å². The lowest BCUT2D eigenvalue weighted by Gasteiger charge is -2.08. The van der Waals surface area contributed by atoms with Crippen LogP contribution in [0, 0.1) is 0 Å². The minimum atomic E-state index is 0.617. The van der Waals surface area contributed by atoms with E-state index in [0.29, 0.717) is 5.92 Å². The van der Waals surface area contributed by atoms with E-state index >= 15 is 0 Å². The highest BCUT2D eigenvalue weighted by molar-refractivity contribution is 7.98. The van der Waals surface area contributed by atoms with E-state index < -0.39 is 0 Å². The zero-order valence-corrected chi connectivity index (χ0v) is 12.4. The molecular weight excluding hydrogens is 274 g/mol. The van der Waals surface area contributed by atoms with Gasteiger partial charge < -0.3 is 0 Å². The molecule has 4 rings (SSSR count). The number of thioether (sulfide) groups is 1. The predicted molar refractivity (Wildman–Crippen MR) is 80.8 cm³/mol. The molecule has 0 unspecified atom stereocenters. The molecule has 0 saturated heterocycles. The molecule has 1 saturated carbocycles. The van der Waals surface area contributed by atoms with Crippen LogP contribution in [-0.2, 0) is 12.2 Å². The second-order valence-corrected chi connectivity index (χ2v) is 7.63. The van der Waals surface area contributed by atoms with Crippen molar-refractivity contribution in [3.8, 4) is 10.7 Å². The zero-order valence-electron chi connectivity index (χ0n) is 10.8. The van der Waals surface area contributed by atoms with Crippen molar-refractivity contribution < 1.29 is 0 Å². The zero-order chi connectivity index (χ0) is 12.7. The average Bonchev–Trinajstić information content (AvgIpc) is 3.17. The van der Waals surface area contributed by atoms with Gasteiger partial charge in [-0.2, -0.15) is 16.9 Å². The number of rotatable bonds is 2.